The summed E-state index contributed by atoms with van der Waals surface area (Å²) in [7, 11) is 4.87. The van der Waals surface area contributed by atoms with Crippen LogP contribution in [0.5, 0.6) is 17.2 Å². The highest BCUT2D eigenvalue weighted by Crippen LogP contribution is 2.39. The lowest BCUT2D eigenvalue weighted by Crippen LogP contribution is -2.38. The molecule has 0 aliphatic rings. The number of halogens is 1. The van der Waals surface area contributed by atoms with Crippen LogP contribution >= 0.6 is 24.0 Å². The first kappa shape index (κ1) is 24.9. The molecule has 2 aromatic carbocycles. The molecule has 0 radical (unpaired) electrons. The van der Waals surface area contributed by atoms with Crippen LogP contribution < -0.4 is 24.8 Å². The van der Waals surface area contributed by atoms with Gasteiger partial charge < -0.3 is 24.8 Å². The highest BCUT2D eigenvalue weighted by molar-refractivity contribution is 14.0. The molecule has 0 spiro atoms. The van der Waals surface area contributed by atoms with E-state index in [2.05, 4.69) is 53.7 Å². The number of rotatable bonds is 9. The molecule has 0 aliphatic carbocycles. The molecule has 0 fully saturated rings. The van der Waals surface area contributed by atoms with Gasteiger partial charge in [-0.15, -0.1) is 24.0 Å². The molecule has 0 bridgehead atoms. The number of methoxy groups -OCH3 is 3. The maximum absolute atomic E-state index is 5.55. The summed E-state index contributed by atoms with van der Waals surface area (Å²) >= 11 is 0. The zero-order valence-electron chi connectivity index (χ0n) is 17.9. The SMILES string of the molecule is CCNC(=NCc1ccc(C)cc1)NCCc1ccc(OC)c(OC)c1OC.I. The van der Waals surface area contributed by atoms with E-state index in [4.69, 9.17) is 14.2 Å². The van der Waals surface area contributed by atoms with Crippen LogP contribution in [0.3, 0.4) is 0 Å². The van der Waals surface area contributed by atoms with Crippen LogP contribution in [0, 0.1) is 6.92 Å². The van der Waals surface area contributed by atoms with Crippen molar-refractivity contribution in [3.05, 3.63) is 53.1 Å². The zero-order chi connectivity index (χ0) is 20.4. The van der Waals surface area contributed by atoms with Crippen LogP contribution in [0.1, 0.15) is 23.6 Å². The van der Waals surface area contributed by atoms with Crippen molar-refractivity contribution < 1.29 is 14.2 Å². The molecule has 0 aromatic heterocycles. The standard InChI is InChI=1S/C22H31N3O3.HI/c1-6-23-22(25-15-17-9-7-16(2)8-10-17)24-14-13-18-11-12-19(26-3)21(28-5)20(18)27-4;/h7-12H,6,13-15H2,1-5H3,(H2,23,24,25);1H. The first-order chi connectivity index (χ1) is 13.6. The van der Waals surface area contributed by atoms with Gasteiger partial charge in [-0.2, -0.15) is 0 Å². The number of benzene rings is 2. The summed E-state index contributed by atoms with van der Waals surface area (Å²) < 4.78 is 16.3. The number of aliphatic imine (C=N–C) groups is 1. The monoisotopic (exact) mass is 513 g/mol. The molecule has 2 aromatic rings. The van der Waals surface area contributed by atoms with Crippen LogP contribution in [0.15, 0.2) is 41.4 Å². The molecule has 2 N–H and O–H groups in total. The van der Waals surface area contributed by atoms with Crippen molar-refractivity contribution in [1.29, 1.82) is 0 Å². The minimum Gasteiger partial charge on any atom is -0.493 e. The lowest BCUT2D eigenvalue weighted by atomic mass is 10.1. The quantitative estimate of drug-likeness (QED) is 0.302. The number of ether oxygens (including phenoxy) is 3. The van der Waals surface area contributed by atoms with E-state index >= 15 is 0 Å². The second-order valence-electron chi connectivity index (χ2n) is 6.35. The third-order valence-corrected chi connectivity index (χ3v) is 4.36. The number of nitrogens with zero attached hydrogens (tertiary/aromatic N) is 1. The van der Waals surface area contributed by atoms with Crippen LogP contribution in [0.4, 0.5) is 0 Å². The summed E-state index contributed by atoms with van der Waals surface area (Å²) in [6.45, 7) is 6.29. The zero-order valence-corrected chi connectivity index (χ0v) is 20.2. The van der Waals surface area contributed by atoms with Crippen molar-refractivity contribution in [2.24, 2.45) is 4.99 Å². The third-order valence-electron chi connectivity index (χ3n) is 4.36. The number of guanidine groups is 1. The van der Waals surface area contributed by atoms with Gasteiger partial charge in [-0.3, -0.25) is 0 Å². The maximum Gasteiger partial charge on any atom is 0.203 e. The summed E-state index contributed by atoms with van der Waals surface area (Å²) in [5.74, 6) is 2.76. The predicted octanol–water partition coefficient (Wildman–Crippen LogP) is 3.94. The molecule has 0 saturated heterocycles. The Morgan fingerprint density at radius 2 is 1.59 bits per heavy atom. The molecule has 0 unspecified atom stereocenters. The Hall–Kier alpha value is -2.16. The van der Waals surface area contributed by atoms with E-state index in [0.29, 0.717) is 30.3 Å². The molecule has 0 saturated carbocycles. The van der Waals surface area contributed by atoms with Gasteiger partial charge in [0, 0.05) is 18.7 Å². The summed E-state index contributed by atoms with van der Waals surface area (Å²) in [4.78, 5) is 4.67. The van der Waals surface area contributed by atoms with Crippen molar-refractivity contribution in [2.45, 2.75) is 26.8 Å². The molecule has 0 heterocycles. The number of aryl methyl sites for hydroxylation is 1. The van der Waals surface area contributed by atoms with Crippen LogP contribution in [0.2, 0.25) is 0 Å². The fourth-order valence-corrected chi connectivity index (χ4v) is 2.88. The summed E-state index contributed by atoms with van der Waals surface area (Å²) in [5, 5.41) is 6.66. The van der Waals surface area contributed by atoms with Crippen molar-refractivity contribution in [2.75, 3.05) is 34.4 Å². The fourth-order valence-electron chi connectivity index (χ4n) is 2.88. The van der Waals surface area contributed by atoms with Gasteiger partial charge >= 0.3 is 0 Å². The van der Waals surface area contributed by atoms with Gasteiger partial charge in [0.05, 0.1) is 27.9 Å². The third kappa shape index (κ3) is 7.30. The molecular formula is C22H32IN3O3. The van der Waals surface area contributed by atoms with Gasteiger partial charge in [-0.05, 0) is 31.9 Å². The second kappa shape index (κ2) is 13.1. The largest absolute Gasteiger partial charge is 0.493 e. The average Bonchev–Trinajstić information content (AvgIpc) is 2.72. The van der Waals surface area contributed by atoms with Gasteiger partial charge in [0.15, 0.2) is 17.5 Å². The van der Waals surface area contributed by atoms with Crippen LogP contribution in [-0.4, -0.2) is 40.4 Å². The van der Waals surface area contributed by atoms with E-state index in [9.17, 15) is 0 Å². The lowest BCUT2D eigenvalue weighted by Gasteiger charge is -2.16. The van der Waals surface area contributed by atoms with Crippen LogP contribution in [0.25, 0.3) is 0 Å². The van der Waals surface area contributed by atoms with Gasteiger partial charge in [-0.25, -0.2) is 4.99 Å². The van der Waals surface area contributed by atoms with Crippen molar-refractivity contribution in [3.63, 3.8) is 0 Å². The van der Waals surface area contributed by atoms with Gasteiger partial charge in [-0.1, -0.05) is 35.9 Å². The topological polar surface area (TPSA) is 64.1 Å². The molecule has 6 nitrogen and oxygen atoms in total. The molecule has 29 heavy (non-hydrogen) atoms. The molecule has 7 heteroatoms. The number of hydrogen-bond acceptors (Lipinski definition) is 4. The normalized spacial score (nSPS) is 10.7. The van der Waals surface area contributed by atoms with Crippen molar-refractivity contribution in [1.82, 2.24) is 10.6 Å². The van der Waals surface area contributed by atoms with E-state index < -0.39 is 0 Å². The summed E-state index contributed by atoms with van der Waals surface area (Å²) in [6, 6.07) is 12.3. The first-order valence-corrected chi connectivity index (χ1v) is 9.48. The molecule has 0 aliphatic heterocycles. The van der Waals surface area contributed by atoms with Crippen LogP contribution in [-0.2, 0) is 13.0 Å². The smallest absolute Gasteiger partial charge is 0.203 e. The number of nitrogens with one attached hydrogen (secondary N) is 2. The Kier molecular flexibility index (Phi) is 11.3. The Labute approximate surface area is 191 Å². The van der Waals surface area contributed by atoms with Gasteiger partial charge in [0.1, 0.15) is 0 Å². The predicted molar refractivity (Wildman–Crippen MR) is 129 cm³/mol. The van der Waals surface area contributed by atoms with Gasteiger partial charge in [0.2, 0.25) is 5.75 Å². The number of hydrogen-bond donors (Lipinski definition) is 2. The molecule has 0 atom stereocenters. The second-order valence-corrected chi connectivity index (χ2v) is 6.35. The highest BCUT2D eigenvalue weighted by Gasteiger charge is 2.15. The summed E-state index contributed by atoms with van der Waals surface area (Å²) in [6.07, 6.45) is 0.762. The van der Waals surface area contributed by atoms with Crippen molar-refractivity contribution in [3.8, 4) is 17.2 Å². The minimum atomic E-state index is 0. The average molecular weight is 513 g/mol. The van der Waals surface area contributed by atoms with E-state index in [0.717, 1.165) is 24.5 Å². The first-order valence-electron chi connectivity index (χ1n) is 9.48. The van der Waals surface area contributed by atoms with E-state index in [1.165, 1.54) is 11.1 Å². The lowest BCUT2D eigenvalue weighted by molar-refractivity contribution is 0.322. The Morgan fingerprint density at radius 3 is 2.17 bits per heavy atom. The van der Waals surface area contributed by atoms with E-state index in [1.54, 1.807) is 21.3 Å². The minimum absolute atomic E-state index is 0. The van der Waals surface area contributed by atoms with Crippen molar-refractivity contribution >= 4 is 29.9 Å². The van der Waals surface area contributed by atoms with E-state index in [-0.39, 0.29) is 24.0 Å². The maximum atomic E-state index is 5.55. The fraction of sp³-hybridized carbons (Fsp3) is 0.409. The molecular weight excluding hydrogens is 481 g/mol. The molecule has 2 rings (SSSR count). The Morgan fingerprint density at radius 1 is 0.897 bits per heavy atom. The summed E-state index contributed by atoms with van der Waals surface area (Å²) in [5.41, 5.74) is 3.48. The Bertz CT molecular complexity index is 780. The van der Waals surface area contributed by atoms with Gasteiger partial charge in [0.25, 0.3) is 0 Å². The highest BCUT2D eigenvalue weighted by atomic mass is 127. The Balaban J connectivity index is 0.00000420. The molecule has 160 valence electrons. The van der Waals surface area contributed by atoms with E-state index in [1.807, 2.05) is 12.1 Å². The molecule has 0 amide bonds.